The molecular weight excluding hydrogens is 251 g/mol. The third kappa shape index (κ3) is 3.96. The second kappa shape index (κ2) is 5.95. The molecule has 0 saturated heterocycles. The zero-order valence-corrected chi connectivity index (χ0v) is 11.2. The van der Waals surface area contributed by atoms with Crippen molar-refractivity contribution in [2.24, 2.45) is 0 Å². The first-order chi connectivity index (χ1) is 8.99. The number of rotatable bonds is 4. The van der Waals surface area contributed by atoms with Gasteiger partial charge >= 0.3 is 6.18 Å². The molecule has 0 bridgehead atoms. The van der Waals surface area contributed by atoms with Crippen LogP contribution in [-0.4, -0.2) is 13.2 Å². The standard InChI is InChI=1S/C15H20F3N/c1-19-14(8-9-15(16,17)18)13-7-6-11-4-2-3-5-12(11)10-13/h6-7,10,14,19H,2-5,8-9H2,1H3. The zero-order chi connectivity index (χ0) is 13.9. The normalized spacial score (nSPS) is 17.1. The maximum absolute atomic E-state index is 12.3. The first-order valence-electron chi connectivity index (χ1n) is 6.85. The summed E-state index contributed by atoms with van der Waals surface area (Å²) in [6, 6.07) is 5.93. The molecule has 19 heavy (non-hydrogen) atoms. The molecule has 0 spiro atoms. The molecule has 1 aromatic rings. The van der Waals surface area contributed by atoms with Crippen LogP contribution in [0.2, 0.25) is 0 Å². The molecule has 0 radical (unpaired) electrons. The fourth-order valence-corrected chi connectivity index (χ4v) is 2.76. The molecular formula is C15H20F3N. The van der Waals surface area contributed by atoms with E-state index < -0.39 is 12.6 Å². The second-order valence-corrected chi connectivity index (χ2v) is 5.23. The van der Waals surface area contributed by atoms with E-state index in [1.807, 2.05) is 6.07 Å². The number of benzene rings is 1. The van der Waals surface area contributed by atoms with Crippen LogP contribution in [-0.2, 0) is 12.8 Å². The van der Waals surface area contributed by atoms with Crippen LogP contribution in [0.25, 0.3) is 0 Å². The molecule has 0 heterocycles. The Hall–Kier alpha value is -1.03. The van der Waals surface area contributed by atoms with Crippen molar-refractivity contribution in [3.8, 4) is 0 Å². The van der Waals surface area contributed by atoms with Gasteiger partial charge in [0.05, 0.1) is 0 Å². The maximum Gasteiger partial charge on any atom is 0.389 e. The second-order valence-electron chi connectivity index (χ2n) is 5.23. The Labute approximate surface area is 112 Å². The maximum atomic E-state index is 12.3. The van der Waals surface area contributed by atoms with Crippen LogP contribution in [0.4, 0.5) is 13.2 Å². The topological polar surface area (TPSA) is 12.0 Å². The lowest BCUT2D eigenvalue weighted by Gasteiger charge is -2.21. The van der Waals surface area contributed by atoms with Crippen LogP contribution in [0.3, 0.4) is 0 Å². The van der Waals surface area contributed by atoms with Crippen molar-refractivity contribution in [1.82, 2.24) is 5.32 Å². The van der Waals surface area contributed by atoms with Gasteiger partial charge in [0.1, 0.15) is 0 Å². The third-order valence-electron chi connectivity index (χ3n) is 3.84. The van der Waals surface area contributed by atoms with E-state index in [0.717, 1.165) is 18.4 Å². The van der Waals surface area contributed by atoms with Crippen LogP contribution < -0.4 is 5.32 Å². The predicted octanol–water partition coefficient (Wildman–Crippen LogP) is 4.17. The van der Waals surface area contributed by atoms with Gasteiger partial charge in [0, 0.05) is 12.5 Å². The highest BCUT2D eigenvalue weighted by Crippen LogP contribution is 2.30. The van der Waals surface area contributed by atoms with Gasteiger partial charge in [-0.25, -0.2) is 0 Å². The van der Waals surface area contributed by atoms with Crippen LogP contribution in [0.5, 0.6) is 0 Å². The van der Waals surface area contributed by atoms with Gasteiger partial charge in [0.15, 0.2) is 0 Å². The molecule has 1 aliphatic rings. The monoisotopic (exact) mass is 271 g/mol. The van der Waals surface area contributed by atoms with E-state index >= 15 is 0 Å². The first-order valence-corrected chi connectivity index (χ1v) is 6.85. The van der Waals surface area contributed by atoms with Crippen LogP contribution in [0.1, 0.15) is 48.4 Å². The number of hydrogen-bond acceptors (Lipinski definition) is 1. The van der Waals surface area contributed by atoms with E-state index in [1.54, 1.807) is 7.05 Å². The van der Waals surface area contributed by atoms with Gasteiger partial charge in [-0.05, 0) is 55.8 Å². The minimum absolute atomic E-state index is 0.0960. The van der Waals surface area contributed by atoms with Gasteiger partial charge in [-0.2, -0.15) is 13.2 Å². The first kappa shape index (κ1) is 14.4. The highest BCUT2D eigenvalue weighted by molar-refractivity contribution is 5.35. The summed E-state index contributed by atoms with van der Waals surface area (Å²) in [4.78, 5) is 0. The molecule has 1 atom stereocenters. The minimum Gasteiger partial charge on any atom is -0.313 e. The molecule has 4 heteroatoms. The van der Waals surface area contributed by atoms with Crippen LogP contribution >= 0.6 is 0 Å². The van der Waals surface area contributed by atoms with Gasteiger partial charge in [0.25, 0.3) is 0 Å². The fourth-order valence-electron chi connectivity index (χ4n) is 2.76. The summed E-state index contributed by atoms with van der Waals surface area (Å²) in [7, 11) is 1.72. The zero-order valence-electron chi connectivity index (χ0n) is 11.2. The summed E-state index contributed by atoms with van der Waals surface area (Å²) in [5, 5.41) is 3.00. The molecule has 106 valence electrons. The third-order valence-corrected chi connectivity index (χ3v) is 3.84. The van der Waals surface area contributed by atoms with E-state index in [-0.39, 0.29) is 12.5 Å². The molecule has 0 saturated carbocycles. The lowest BCUT2D eigenvalue weighted by Crippen LogP contribution is -2.20. The van der Waals surface area contributed by atoms with E-state index in [1.165, 1.54) is 24.0 Å². The fraction of sp³-hybridized carbons (Fsp3) is 0.600. The molecule has 1 aliphatic carbocycles. The SMILES string of the molecule is CNC(CCC(F)(F)F)c1ccc2c(c1)CCCC2. The molecule has 2 rings (SSSR count). The Morgan fingerprint density at radius 3 is 2.47 bits per heavy atom. The summed E-state index contributed by atoms with van der Waals surface area (Å²) in [6.45, 7) is 0. The Morgan fingerprint density at radius 2 is 1.84 bits per heavy atom. The average Bonchev–Trinajstić information content (AvgIpc) is 2.38. The van der Waals surface area contributed by atoms with Gasteiger partial charge in [0.2, 0.25) is 0 Å². The Morgan fingerprint density at radius 1 is 1.16 bits per heavy atom. The van der Waals surface area contributed by atoms with Gasteiger partial charge in [-0.3, -0.25) is 0 Å². The number of fused-ring (bicyclic) bond motifs is 1. The van der Waals surface area contributed by atoms with Crippen molar-refractivity contribution in [2.75, 3.05) is 7.05 Å². The highest BCUT2D eigenvalue weighted by atomic mass is 19.4. The smallest absolute Gasteiger partial charge is 0.313 e. The molecule has 0 amide bonds. The summed E-state index contributed by atoms with van der Waals surface area (Å²) in [5.74, 6) is 0. The average molecular weight is 271 g/mol. The lowest BCUT2D eigenvalue weighted by molar-refractivity contribution is -0.136. The van der Waals surface area contributed by atoms with Crippen molar-refractivity contribution >= 4 is 0 Å². The largest absolute Gasteiger partial charge is 0.389 e. The summed E-state index contributed by atoms with van der Waals surface area (Å²) in [5.41, 5.74) is 3.66. The lowest BCUT2D eigenvalue weighted by atomic mass is 9.88. The van der Waals surface area contributed by atoms with Crippen molar-refractivity contribution in [1.29, 1.82) is 0 Å². The Kier molecular flexibility index (Phi) is 4.50. The molecule has 1 unspecified atom stereocenters. The summed E-state index contributed by atoms with van der Waals surface area (Å²) >= 11 is 0. The molecule has 1 aromatic carbocycles. The van der Waals surface area contributed by atoms with Gasteiger partial charge in [-0.1, -0.05) is 18.2 Å². The quantitative estimate of drug-likeness (QED) is 0.866. The molecule has 0 fully saturated rings. The van der Waals surface area contributed by atoms with Gasteiger partial charge < -0.3 is 5.32 Å². The number of nitrogens with one attached hydrogen (secondary N) is 1. The van der Waals surface area contributed by atoms with Crippen molar-refractivity contribution in [2.45, 2.75) is 50.7 Å². The Bertz CT molecular complexity index is 426. The highest BCUT2D eigenvalue weighted by Gasteiger charge is 2.28. The molecule has 1 nitrogen and oxygen atoms in total. The number of aryl methyl sites for hydroxylation is 2. The number of halogens is 3. The molecule has 0 aromatic heterocycles. The molecule has 1 N–H and O–H groups in total. The Balaban J connectivity index is 2.10. The van der Waals surface area contributed by atoms with Crippen LogP contribution in [0, 0.1) is 0 Å². The van der Waals surface area contributed by atoms with E-state index in [4.69, 9.17) is 0 Å². The van der Waals surface area contributed by atoms with Crippen molar-refractivity contribution < 1.29 is 13.2 Å². The number of hydrogen-bond donors (Lipinski definition) is 1. The van der Waals surface area contributed by atoms with Crippen molar-refractivity contribution in [3.63, 3.8) is 0 Å². The van der Waals surface area contributed by atoms with E-state index in [9.17, 15) is 13.2 Å². The molecule has 0 aliphatic heterocycles. The van der Waals surface area contributed by atoms with E-state index in [0.29, 0.717) is 0 Å². The summed E-state index contributed by atoms with van der Waals surface area (Å²) < 4.78 is 36.9. The summed E-state index contributed by atoms with van der Waals surface area (Å²) in [6.07, 6.45) is -0.169. The predicted molar refractivity (Wildman–Crippen MR) is 70.2 cm³/mol. The van der Waals surface area contributed by atoms with Crippen molar-refractivity contribution in [3.05, 3.63) is 34.9 Å². The van der Waals surface area contributed by atoms with Crippen LogP contribution in [0.15, 0.2) is 18.2 Å². The van der Waals surface area contributed by atoms with E-state index in [2.05, 4.69) is 17.4 Å². The minimum atomic E-state index is -4.08. The van der Waals surface area contributed by atoms with Gasteiger partial charge in [-0.15, -0.1) is 0 Å². The number of alkyl halides is 3.